The van der Waals surface area contributed by atoms with Gasteiger partial charge in [0.1, 0.15) is 0 Å². The molecule has 74 valence electrons. The maximum Gasteiger partial charge on any atom is 0.179 e. The van der Waals surface area contributed by atoms with Crippen molar-refractivity contribution in [1.82, 2.24) is 9.80 Å². The lowest BCUT2D eigenvalue weighted by Crippen LogP contribution is -2.57. The van der Waals surface area contributed by atoms with Crippen LogP contribution >= 0.6 is 0 Å². The molecule has 1 saturated heterocycles. The van der Waals surface area contributed by atoms with E-state index in [0.717, 1.165) is 19.6 Å². The van der Waals surface area contributed by atoms with Crippen LogP contribution in [0.15, 0.2) is 0 Å². The van der Waals surface area contributed by atoms with Gasteiger partial charge in [-0.05, 0) is 27.7 Å². The van der Waals surface area contributed by atoms with Crippen LogP contribution in [0.5, 0.6) is 0 Å². The highest BCUT2D eigenvalue weighted by atomic mass is 15.3. The van der Waals surface area contributed by atoms with Crippen molar-refractivity contribution in [2.45, 2.75) is 39.3 Å². The van der Waals surface area contributed by atoms with Gasteiger partial charge >= 0.3 is 0 Å². The van der Waals surface area contributed by atoms with Crippen molar-refractivity contribution in [2.24, 2.45) is 0 Å². The highest BCUT2D eigenvalue weighted by Gasteiger charge is 2.30. The van der Waals surface area contributed by atoms with E-state index in [4.69, 9.17) is 5.26 Å². The molecule has 3 nitrogen and oxygen atoms in total. The van der Waals surface area contributed by atoms with Crippen molar-refractivity contribution in [1.29, 1.82) is 5.26 Å². The Balaban J connectivity index is 2.60. The minimum Gasteiger partial charge on any atom is -0.308 e. The lowest BCUT2D eigenvalue weighted by molar-refractivity contribution is 0.0369. The normalized spacial score (nSPS) is 25.8. The quantitative estimate of drug-likeness (QED) is 0.527. The van der Waals surface area contributed by atoms with Crippen LogP contribution in [0.4, 0.5) is 0 Å². The van der Waals surface area contributed by atoms with Gasteiger partial charge in [0.25, 0.3) is 0 Å². The number of nitriles is 1. The molecular weight excluding hydrogens is 162 g/mol. The first kappa shape index (κ1) is 10.3. The number of hydrogen-bond acceptors (Lipinski definition) is 3. The van der Waals surface area contributed by atoms with Crippen LogP contribution < -0.4 is 0 Å². The van der Waals surface area contributed by atoms with Crippen LogP contribution in [0.25, 0.3) is 0 Å². The van der Waals surface area contributed by atoms with Gasteiger partial charge in [0.05, 0.1) is 0 Å². The third-order valence-electron chi connectivity index (χ3n) is 2.63. The highest BCUT2D eigenvalue weighted by Crippen LogP contribution is 2.20. The first-order valence-corrected chi connectivity index (χ1v) is 4.86. The zero-order valence-corrected chi connectivity index (χ0v) is 9.04. The van der Waals surface area contributed by atoms with Crippen LogP contribution in [0.3, 0.4) is 0 Å². The van der Waals surface area contributed by atoms with Gasteiger partial charge in [0.15, 0.2) is 6.19 Å². The predicted octanol–water partition coefficient (Wildman–Crippen LogP) is 1.27. The molecule has 0 aromatic heterocycles. The minimum atomic E-state index is 0.223. The van der Waals surface area contributed by atoms with Crippen LogP contribution in [0.1, 0.15) is 27.7 Å². The third kappa shape index (κ3) is 2.35. The Kier molecular flexibility index (Phi) is 2.82. The van der Waals surface area contributed by atoms with E-state index in [1.165, 1.54) is 0 Å². The molecule has 1 fully saturated rings. The molecule has 0 N–H and O–H groups in total. The average molecular weight is 181 g/mol. The maximum absolute atomic E-state index is 8.76. The van der Waals surface area contributed by atoms with E-state index < -0.39 is 0 Å². The zero-order valence-electron chi connectivity index (χ0n) is 9.04. The first-order valence-electron chi connectivity index (χ1n) is 4.86. The topological polar surface area (TPSA) is 30.3 Å². The third-order valence-corrected chi connectivity index (χ3v) is 2.63. The highest BCUT2D eigenvalue weighted by molar-refractivity contribution is 4.90. The fourth-order valence-electron chi connectivity index (χ4n) is 2.05. The van der Waals surface area contributed by atoms with Crippen molar-refractivity contribution >= 4 is 0 Å². The van der Waals surface area contributed by atoms with E-state index in [0.29, 0.717) is 6.04 Å². The molecule has 0 bridgehead atoms. The van der Waals surface area contributed by atoms with E-state index in [9.17, 15) is 0 Å². The molecule has 0 aliphatic carbocycles. The second-order valence-corrected chi connectivity index (χ2v) is 4.76. The number of nitrogens with zero attached hydrogens (tertiary/aromatic N) is 3. The van der Waals surface area contributed by atoms with Crippen LogP contribution in [-0.4, -0.2) is 41.0 Å². The van der Waals surface area contributed by atoms with Crippen molar-refractivity contribution in [2.75, 3.05) is 19.6 Å². The van der Waals surface area contributed by atoms with Gasteiger partial charge in [-0.1, -0.05) is 0 Å². The monoisotopic (exact) mass is 181 g/mol. The molecule has 1 heterocycles. The summed E-state index contributed by atoms with van der Waals surface area (Å²) in [5.74, 6) is 0. The number of hydrogen-bond donors (Lipinski definition) is 0. The summed E-state index contributed by atoms with van der Waals surface area (Å²) < 4.78 is 0. The van der Waals surface area contributed by atoms with E-state index in [2.05, 4.69) is 38.8 Å². The van der Waals surface area contributed by atoms with E-state index in [1.807, 2.05) is 4.90 Å². The molecule has 0 radical (unpaired) electrons. The Morgan fingerprint density at radius 2 is 1.92 bits per heavy atom. The van der Waals surface area contributed by atoms with Gasteiger partial charge in [-0.25, -0.2) is 0 Å². The summed E-state index contributed by atoms with van der Waals surface area (Å²) in [6.45, 7) is 11.6. The summed E-state index contributed by atoms with van der Waals surface area (Å²) in [5, 5.41) is 8.76. The Morgan fingerprint density at radius 3 is 2.31 bits per heavy atom. The van der Waals surface area contributed by atoms with Crippen molar-refractivity contribution in [3.8, 4) is 6.19 Å². The van der Waals surface area contributed by atoms with E-state index in [1.54, 1.807) is 0 Å². The summed E-state index contributed by atoms with van der Waals surface area (Å²) in [6, 6.07) is 0.480. The van der Waals surface area contributed by atoms with E-state index in [-0.39, 0.29) is 5.54 Å². The molecule has 13 heavy (non-hydrogen) atoms. The Morgan fingerprint density at radius 1 is 1.31 bits per heavy atom. The smallest absolute Gasteiger partial charge is 0.179 e. The maximum atomic E-state index is 8.76. The predicted molar refractivity (Wildman–Crippen MR) is 53.1 cm³/mol. The molecule has 0 amide bonds. The van der Waals surface area contributed by atoms with E-state index >= 15 is 0 Å². The minimum absolute atomic E-state index is 0.223. The lowest BCUT2D eigenvalue weighted by atomic mass is 10.0. The summed E-state index contributed by atoms with van der Waals surface area (Å²) in [5.41, 5.74) is 0.223. The molecular formula is C10H19N3. The number of rotatable bonds is 0. The molecule has 0 spiro atoms. The second kappa shape index (κ2) is 3.55. The fourth-order valence-corrected chi connectivity index (χ4v) is 2.05. The fraction of sp³-hybridized carbons (Fsp3) is 0.900. The Bertz CT molecular complexity index is 211. The van der Waals surface area contributed by atoms with Gasteiger partial charge in [-0.2, -0.15) is 5.26 Å². The van der Waals surface area contributed by atoms with Gasteiger partial charge in [0.2, 0.25) is 0 Å². The number of piperazine rings is 1. The Hall–Kier alpha value is -0.750. The molecule has 1 atom stereocenters. The van der Waals surface area contributed by atoms with Crippen molar-refractivity contribution in [3.05, 3.63) is 0 Å². The summed E-state index contributed by atoms with van der Waals surface area (Å²) in [6.07, 6.45) is 2.21. The van der Waals surface area contributed by atoms with Crippen LogP contribution in [-0.2, 0) is 0 Å². The molecule has 1 aliphatic heterocycles. The first-order chi connectivity index (χ1) is 5.95. The van der Waals surface area contributed by atoms with Crippen LogP contribution in [0, 0.1) is 11.5 Å². The summed E-state index contributed by atoms with van der Waals surface area (Å²) in [7, 11) is 0. The van der Waals surface area contributed by atoms with Gasteiger partial charge in [0, 0.05) is 31.2 Å². The zero-order chi connectivity index (χ0) is 10.1. The molecule has 1 aliphatic rings. The standard InChI is InChI=1S/C10H19N3/c1-9-7-12(8-11)5-6-13(9)10(2,3)4/h9H,5-7H2,1-4H3/t9-/m1/s1. The molecule has 0 saturated carbocycles. The average Bonchev–Trinajstić information content (AvgIpc) is 2.01. The lowest BCUT2D eigenvalue weighted by Gasteiger charge is -2.45. The Labute approximate surface area is 80.9 Å². The molecule has 0 aromatic rings. The molecule has 0 aromatic carbocycles. The van der Waals surface area contributed by atoms with Gasteiger partial charge in [-0.3, -0.25) is 4.90 Å². The summed E-state index contributed by atoms with van der Waals surface area (Å²) in [4.78, 5) is 4.30. The largest absolute Gasteiger partial charge is 0.308 e. The molecule has 3 heteroatoms. The van der Waals surface area contributed by atoms with Gasteiger partial charge < -0.3 is 4.90 Å². The van der Waals surface area contributed by atoms with Crippen molar-refractivity contribution < 1.29 is 0 Å². The summed E-state index contributed by atoms with van der Waals surface area (Å²) >= 11 is 0. The SMILES string of the molecule is C[C@@H]1CN(C#N)CCN1C(C)(C)C. The van der Waals surface area contributed by atoms with Gasteiger partial charge in [-0.15, -0.1) is 0 Å². The van der Waals surface area contributed by atoms with Crippen molar-refractivity contribution in [3.63, 3.8) is 0 Å². The molecule has 0 unspecified atom stereocenters. The molecule has 1 rings (SSSR count). The van der Waals surface area contributed by atoms with Crippen LogP contribution in [0.2, 0.25) is 0 Å². The second-order valence-electron chi connectivity index (χ2n) is 4.76.